The molecule has 0 aliphatic rings. The quantitative estimate of drug-likeness (QED) is 0.787. The lowest BCUT2D eigenvalue weighted by Gasteiger charge is -2.06. The van der Waals surface area contributed by atoms with Gasteiger partial charge in [0.1, 0.15) is 6.54 Å². The molecule has 4 heteroatoms. The van der Waals surface area contributed by atoms with E-state index >= 15 is 0 Å². The number of fused-ring (bicyclic) bond motifs is 1. The molecule has 2 aromatic rings. The van der Waals surface area contributed by atoms with Gasteiger partial charge in [-0.25, -0.2) is 0 Å². The van der Waals surface area contributed by atoms with Gasteiger partial charge in [-0.15, -0.1) is 0 Å². The van der Waals surface area contributed by atoms with Gasteiger partial charge in [0.05, 0.1) is 0 Å². The predicted octanol–water partition coefficient (Wildman–Crippen LogP) is 1.75. The Kier molecular flexibility index (Phi) is 3.32. The third-order valence-corrected chi connectivity index (χ3v) is 2.68. The fourth-order valence-electron chi connectivity index (χ4n) is 1.83. The number of nitrogens with two attached hydrogens (primary N) is 1. The molecule has 1 amide bonds. The molecule has 0 saturated heterocycles. The van der Waals surface area contributed by atoms with Gasteiger partial charge in [0.15, 0.2) is 0 Å². The van der Waals surface area contributed by atoms with Gasteiger partial charge in [-0.05, 0) is 30.7 Å². The summed E-state index contributed by atoms with van der Waals surface area (Å²) in [4.78, 5) is 11.6. The molecule has 2 rings (SSSR count). The van der Waals surface area contributed by atoms with Crippen molar-refractivity contribution in [1.82, 2.24) is 9.88 Å². The molecular formula is C13H17N3O. The number of nitrogen functional groups attached to an aromatic ring is 1. The first-order valence-electron chi connectivity index (χ1n) is 5.82. The molecule has 0 spiro atoms. The van der Waals surface area contributed by atoms with E-state index < -0.39 is 0 Å². The van der Waals surface area contributed by atoms with E-state index in [0.717, 1.165) is 29.6 Å². The molecule has 0 radical (unpaired) electrons. The molecule has 0 aliphatic heterocycles. The van der Waals surface area contributed by atoms with E-state index in [-0.39, 0.29) is 5.91 Å². The van der Waals surface area contributed by atoms with Crippen LogP contribution in [0.2, 0.25) is 0 Å². The van der Waals surface area contributed by atoms with Crippen molar-refractivity contribution in [1.29, 1.82) is 0 Å². The summed E-state index contributed by atoms with van der Waals surface area (Å²) in [6.07, 6.45) is 2.87. The van der Waals surface area contributed by atoms with Crippen molar-refractivity contribution >= 4 is 22.5 Å². The second-order valence-corrected chi connectivity index (χ2v) is 4.11. The first-order valence-corrected chi connectivity index (χ1v) is 5.82. The largest absolute Gasteiger partial charge is 0.399 e. The van der Waals surface area contributed by atoms with E-state index in [2.05, 4.69) is 5.32 Å². The summed E-state index contributed by atoms with van der Waals surface area (Å²) in [5.74, 6) is 0.0428. The molecule has 4 nitrogen and oxygen atoms in total. The molecule has 3 N–H and O–H groups in total. The van der Waals surface area contributed by atoms with E-state index in [1.807, 2.05) is 42.0 Å². The molecular weight excluding hydrogens is 214 g/mol. The number of nitrogens with one attached hydrogen (secondary N) is 1. The average molecular weight is 231 g/mol. The number of benzene rings is 1. The van der Waals surface area contributed by atoms with Crippen molar-refractivity contribution in [2.24, 2.45) is 0 Å². The smallest absolute Gasteiger partial charge is 0.239 e. The van der Waals surface area contributed by atoms with E-state index in [1.165, 1.54) is 0 Å². The third kappa shape index (κ3) is 2.58. The number of aromatic nitrogens is 1. The summed E-state index contributed by atoms with van der Waals surface area (Å²) >= 11 is 0. The van der Waals surface area contributed by atoms with Gasteiger partial charge in [-0.2, -0.15) is 0 Å². The van der Waals surface area contributed by atoms with Crippen LogP contribution in [0.1, 0.15) is 13.3 Å². The summed E-state index contributed by atoms with van der Waals surface area (Å²) in [5.41, 5.74) is 7.49. The molecule has 0 aliphatic carbocycles. The number of carbonyl (C=O) groups is 1. The van der Waals surface area contributed by atoms with Crippen LogP contribution in [0.3, 0.4) is 0 Å². The number of nitrogens with zero attached hydrogens (tertiary/aromatic N) is 1. The monoisotopic (exact) mass is 231 g/mol. The van der Waals surface area contributed by atoms with E-state index in [4.69, 9.17) is 5.73 Å². The lowest BCUT2D eigenvalue weighted by molar-refractivity contribution is -0.121. The highest BCUT2D eigenvalue weighted by molar-refractivity contribution is 5.85. The summed E-state index contributed by atoms with van der Waals surface area (Å²) in [6.45, 7) is 3.12. The Hall–Kier alpha value is -1.97. The van der Waals surface area contributed by atoms with Gasteiger partial charge >= 0.3 is 0 Å². The Morgan fingerprint density at radius 2 is 2.24 bits per heavy atom. The molecule has 17 heavy (non-hydrogen) atoms. The highest BCUT2D eigenvalue weighted by atomic mass is 16.1. The summed E-state index contributed by atoms with van der Waals surface area (Å²) < 4.78 is 1.93. The first kappa shape index (κ1) is 11.5. The third-order valence-electron chi connectivity index (χ3n) is 2.68. The highest BCUT2D eigenvalue weighted by Gasteiger charge is 2.05. The Morgan fingerprint density at radius 1 is 1.41 bits per heavy atom. The van der Waals surface area contributed by atoms with Crippen LogP contribution < -0.4 is 11.1 Å². The lowest BCUT2D eigenvalue weighted by atomic mass is 10.2. The fraction of sp³-hybridized carbons (Fsp3) is 0.308. The maximum atomic E-state index is 11.6. The van der Waals surface area contributed by atoms with Crippen molar-refractivity contribution in [3.8, 4) is 0 Å². The number of hydrogen-bond acceptors (Lipinski definition) is 2. The first-order chi connectivity index (χ1) is 8.20. The van der Waals surface area contributed by atoms with Gasteiger partial charge in [-0.3, -0.25) is 4.79 Å². The molecule has 0 fully saturated rings. The Balaban J connectivity index is 2.16. The van der Waals surface area contributed by atoms with E-state index in [9.17, 15) is 4.79 Å². The Labute approximate surface area is 100 Å². The van der Waals surface area contributed by atoms with Crippen molar-refractivity contribution in [2.45, 2.75) is 19.9 Å². The SMILES string of the molecule is CCCNC(=O)Cn1ccc2cc(N)ccc21. The lowest BCUT2D eigenvalue weighted by Crippen LogP contribution is -2.27. The van der Waals surface area contributed by atoms with Crippen LogP contribution >= 0.6 is 0 Å². The Morgan fingerprint density at radius 3 is 3.00 bits per heavy atom. The minimum absolute atomic E-state index is 0.0428. The van der Waals surface area contributed by atoms with E-state index in [1.54, 1.807) is 0 Å². The minimum Gasteiger partial charge on any atom is -0.399 e. The van der Waals surface area contributed by atoms with Crippen LogP contribution in [-0.2, 0) is 11.3 Å². The van der Waals surface area contributed by atoms with Crippen molar-refractivity contribution in [2.75, 3.05) is 12.3 Å². The van der Waals surface area contributed by atoms with Crippen LogP contribution in [0.15, 0.2) is 30.5 Å². The molecule has 0 bridgehead atoms. The van der Waals surface area contributed by atoms with Crippen LogP contribution in [-0.4, -0.2) is 17.0 Å². The average Bonchev–Trinajstić information content (AvgIpc) is 2.69. The van der Waals surface area contributed by atoms with Crippen LogP contribution in [0.25, 0.3) is 10.9 Å². The molecule has 1 aromatic heterocycles. The van der Waals surface area contributed by atoms with Crippen LogP contribution in [0.4, 0.5) is 5.69 Å². The van der Waals surface area contributed by atoms with Crippen molar-refractivity contribution in [3.63, 3.8) is 0 Å². The van der Waals surface area contributed by atoms with Gasteiger partial charge in [0.2, 0.25) is 5.91 Å². The summed E-state index contributed by atoms with van der Waals surface area (Å²) in [6, 6.07) is 7.68. The van der Waals surface area contributed by atoms with Gasteiger partial charge in [0, 0.05) is 29.3 Å². The maximum absolute atomic E-state index is 11.6. The standard InChI is InChI=1S/C13H17N3O/c1-2-6-15-13(17)9-16-7-5-10-8-11(14)3-4-12(10)16/h3-5,7-8H,2,6,9,14H2,1H3,(H,15,17). The number of amides is 1. The van der Waals surface area contributed by atoms with Gasteiger partial charge in [0.25, 0.3) is 0 Å². The van der Waals surface area contributed by atoms with Crippen molar-refractivity contribution in [3.05, 3.63) is 30.5 Å². The fourth-order valence-corrected chi connectivity index (χ4v) is 1.83. The zero-order valence-electron chi connectivity index (χ0n) is 9.94. The second kappa shape index (κ2) is 4.91. The zero-order chi connectivity index (χ0) is 12.3. The van der Waals surface area contributed by atoms with Crippen LogP contribution in [0.5, 0.6) is 0 Å². The number of hydrogen-bond donors (Lipinski definition) is 2. The van der Waals surface area contributed by atoms with E-state index in [0.29, 0.717) is 6.54 Å². The summed E-state index contributed by atoms with van der Waals surface area (Å²) in [7, 11) is 0. The minimum atomic E-state index is 0.0428. The predicted molar refractivity (Wildman–Crippen MR) is 69.7 cm³/mol. The Bertz CT molecular complexity index is 530. The normalized spacial score (nSPS) is 10.6. The van der Waals surface area contributed by atoms with Crippen LogP contribution in [0, 0.1) is 0 Å². The highest BCUT2D eigenvalue weighted by Crippen LogP contribution is 2.18. The topological polar surface area (TPSA) is 60.0 Å². The summed E-state index contributed by atoms with van der Waals surface area (Å²) in [5, 5.41) is 3.93. The molecule has 0 atom stereocenters. The van der Waals surface area contributed by atoms with Gasteiger partial charge < -0.3 is 15.6 Å². The molecule has 0 saturated carbocycles. The molecule has 1 aromatic carbocycles. The molecule has 0 unspecified atom stereocenters. The van der Waals surface area contributed by atoms with Crippen molar-refractivity contribution < 1.29 is 4.79 Å². The van der Waals surface area contributed by atoms with Gasteiger partial charge in [-0.1, -0.05) is 6.92 Å². The maximum Gasteiger partial charge on any atom is 0.239 e. The number of anilines is 1. The molecule has 90 valence electrons. The zero-order valence-corrected chi connectivity index (χ0v) is 9.94. The molecule has 1 heterocycles. The number of rotatable bonds is 4. The second-order valence-electron chi connectivity index (χ2n) is 4.11. The number of carbonyl (C=O) groups excluding carboxylic acids is 1.